The van der Waals surface area contributed by atoms with Crippen LogP contribution in [-0.4, -0.2) is 37.5 Å². The number of ether oxygens (including phenoxy) is 2. The van der Waals surface area contributed by atoms with E-state index in [0.717, 1.165) is 11.1 Å². The summed E-state index contributed by atoms with van der Waals surface area (Å²) in [6.07, 6.45) is 0. The summed E-state index contributed by atoms with van der Waals surface area (Å²) in [5.74, 6) is 0.364. The van der Waals surface area contributed by atoms with E-state index >= 15 is 0 Å². The summed E-state index contributed by atoms with van der Waals surface area (Å²) >= 11 is 6.29. The highest BCUT2D eigenvalue weighted by molar-refractivity contribution is 6.30. The topological polar surface area (TPSA) is 67.9 Å². The fraction of sp³-hybridized carbons (Fsp3) is 0.167. The molecule has 158 valence electrons. The Morgan fingerprint density at radius 2 is 1.68 bits per heavy atom. The summed E-state index contributed by atoms with van der Waals surface area (Å²) in [5.41, 5.74) is 2.59. The predicted molar refractivity (Wildman–Crippen MR) is 119 cm³/mol. The minimum atomic E-state index is -0.515. The van der Waals surface area contributed by atoms with Crippen molar-refractivity contribution in [3.8, 4) is 11.5 Å². The first-order chi connectivity index (χ1) is 15.0. The molecule has 0 radical (unpaired) electrons. The Labute approximate surface area is 185 Å². The third-order valence-electron chi connectivity index (χ3n) is 5.18. The molecule has 0 fully saturated rings. The van der Waals surface area contributed by atoms with Crippen LogP contribution in [0.25, 0.3) is 0 Å². The van der Waals surface area contributed by atoms with E-state index in [-0.39, 0.29) is 18.4 Å². The van der Waals surface area contributed by atoms with E-state index in [0.29, 0.717) is 27.8 Å². The Morgan fingerprint density at radius 3 is 2.32 bits per heavy atom. The third kappa shape index (κ3) is 4.20. The van der Waals surface area contributed by atoms with Crippen LogP contribution in [0.15, 0.2) is 66.7 Å². The number of nitrogens with one attached hydrogen (secondary N) is 1. The Hall–Kier alpha value is -3.51. The molecule has 1 unspecified atom stereocenters. The maximum atomic E-state index is 13.7. The molecule has 3 aromatic rings. The number of carbonyl (C=O) groups is 2. The quantitative estimate of drug-likeness (QED) is 0.652. The number of nitrogens with zero attached hydrogens (tertiary/aromatic N) is 1. The summed E-state index contributed by atoms with van der Waals surface area (Å²) in [5, 5.41) is 3.41. The van der Waals surface area contributed by atoms with Crippen LogP contribution in [0.1, 0.15) is 27.5 Å². The van der Waals surface area contributed by atoms with Crippen LogP contribution in [0.3, 0.4) is 0 Å². The van der Waals surface area contributed by atoms with E-state index in [4.69, 9.17) is 21.1 Å². The van der Waals surface area contributed by atoms with Crippen molar-refractivity contribution in [3.05, 3.63) is 88.4 Å². The molecule has 4 rings (SSSR count). The molecule has 0 aliphatic carbocycles. The number of rotatable bonds is 4. The Kier molecular flexibility index (Phi) is 5.82. The molecule has 7 heteroatoms. The summed E-state index contributed by atoms with van der Waals surface area (Å²) in [6, 6.07) is 19.3. The number of carbonyl (C=O) groups excluding carboxylic acids is 2. The second kappa shape index (κ2) is 8.70. The van der Waals surface area contributed by atoms with E-state index < -0.39 is 6.04 Å². The number of hydrogen-bond donors (Lipinski definition) is 1. The lowest BCUT2D eigenvalue weighted by Crippen LogP contribution is -2.39. The highest BCUT2D eigenvalue weighted by Crippen LogP contribution is 2.38. The molecule has 31 heavy (non-hydrogen) atoms. The van der Waals surface area contributed by atoms with Gasteiger partial charge in [-0.15, -0.1) is 0 Å². The summed E-state index contributed by atoms with van der Waals surface area (Å²) in [7, 11) is 3.04. The molecule has 1 heterocycles. The van der Waals surface area contributed by atoms with Gasteiger partial charge in [-0.3, -0.25) is 9.59 Å². The Morgan fingerprint density at radius 1 is 1.00 bits per heavy atom. The zero-order valence-corrected chi connectivity index (χ0v) is 17.8. The standard InChI is InChI=1S/C24H21ClN2O4/c1-30-18-10-16(11-19(13-18)31-2)24(29)27-14-22(28)26-21-9-8-17(25)12-20(21)23(27)15-6-4-3-5-7-15/h3-13,23H,14H2,1-2H3,(H,26,28). The lowest BCUT2D eigenvalue weighted by atomic mass is 9.95. The van der Waals surface area contributed by atoms with Crippen molar-refractivity contribution >= 4 is 29.1 Å². The van der Waals surface area contributed by atoms with Gasteiger partial charge in [-0.25, -0.2) is 0 Å². The van der Waals surface area contributed by atoms with E-state index in [9.17, 15) is 9.59 Å². The van der Waals surface area contributed by atoms with Gasteiger partial charge in [0, 0.05) is 27.9 Å². The fourth-order valence-corrected chi connectivity index (χ4v) is 3.94. The van der Waals surface area contributed by atoms with Gasteiger partial charge in [0.1, 0.15) is 18.0 Å². The lowest BCUT2D eigenvalue weighted by molar-refractivity contribution is -0.117. The van der Waals surface area contributed by atoms with Gasteiger partial charge in [-0.2, -0.15) is 0 Å². The number of hydrogen-bond acceptors (Lipinski definition) is 4. The molecule has 1 N–H and O–H groups in total. The summed E-state index contributed by atoms with van der Waals surface area (Å²) < 4.78 is 10.6. The normalized spacial score (nSPS) is 15.5. The largest absolute Gasteiger partial charge is 0.497 e. The number of methoxy groups -OCH3 is 2. The summed E-state index contributed by atoms with van der Waals surface area (Å²) in [6.45, 7) is -0.121. The van der Waals surface area contributed by atoms with Crippen LogP contribution in [0, 0.1) is 0 Å². The first-order valence-corrected chi connectivity index (χ1v) is 10.1. The molecule has 3 aromatic carbocycles. The zero-order valence-electron chi connectivity index (χ0n) is 17.1. The highest BCUT2D eigenvalue weighted by Gasteiger charge is 2.34. The predicted octanol–water partition coefficient (Wildman–Crippen LogP) is 4.54. The van der Waals surface area contributed by atoms with Gasteiger partial charge >= 0.3 is 0 Å². The van der Waals surface area contributed by atoms with Crippen molar-refractivity contribution in [2.24, 2.45) is 0 Å². The van der Waals surface area contributed by atoms with Crippen molar-refractivity contribution < 1.29 is 19.1 Å². The Balaban J connectivity index is 1.88. The van der Waals surface area contributed by atoms with Gasteiger partial charge in [-0.05, 0) is 35.9 Å². The molecule has 1 atom stereocenters. The molecule has 0 bridgehead atoms. The minimum absolute atomic E-state index is 0.121. The van der Waals surface area contributed by atoms with Crippen molar-refractivity contribution in [3.63, 3.8) is 0 Å². The van der Waals surface area contributed by atoms with Crippen molar-refractivity contribution in [2.45, 2.75) is 6.04 Å². The number of benzene rings is 3. The highest BCUT2D eigenvalue weighted by atomic mass is 35.5. The lowest BCUT2D eigenvalue weighted by Gasteiger charge is -2.31. The number of anilines is 1. The molecular formula is C24H21ClN2O4. The smallest absolute Gasteiger partial charge is 0.255 e. The van der Waals surface area contributed by atoms with Crippen LogP contribution in [0.2, 0.25) is 5.02 Å². The number of fused-ring (bicyclic) bond motifs is 1. The maximum Gasteiger partial charge on any atom is 0.255 e. The van der Waals surface area contributed by atoms with Gasteiger partial charge in [0.2, 0.25) is 5.91 Å². The molecule has 0 spiro atoms. The first kappa shape index (κ1) is 20.8. The van der Waals surface area contributed by atoms with Crippen LogP contribution in [-0.2, 0) is 4.79 Å². The average Bonchev–Trinajstić information content (AvgIpc) is 2.94. The molecule has 2 amide bonds. The zero-order chi connectivity index (χ0) is 22.0. The molecule has 1 aliphatic rings. The number of halogens is 1. The van der Waals surface area contributed by atoms with Crippen LogP contribution >= 0.6 is 11.6 Å². The van der Waals surface area contributed by atoms with Gasteiger partial charge in [0.25, 0.3) is 5.91 Å². The first-order valence-electron chi connectivity index (χ1n) is 9.68. The van der Waals surface area contributed by atoms with E-state index in [1.54, 1.807) is 41.3 Å². The van der Waals surface area contributed by atoms with Crippen LogP contribution < -0.4 is 14.8 Å². The van der Waals surface area contributed by atoms with Gasteiger partial charge in [-0.1, -0.05) is 41.9 Å². The number of amides is 2. The molecule has 0 aromatic heterocycles. The summed E-state index contributed by atoms with van der Waals surface area (Å²) in [4.78, 5) is 28.0. The maximum absolute atomic E-state index is 13.7. The molecule has 6 nitrogen and oxygen atoms in total. The molecular weight excluding hydrogens is 416 g/mol. The second-order valence-corrected chi connectivity index (χ2v) is 7.56. The molecule has 1 aliphatic heterocycles. The van der Waals surface area contributed by atoms with Crippen molar-refractivity contribution in [1.29, 1.82) is 0 Å². The Bertz CT molecular complexity index is 1110. The van der Waals surface area contributed by atoms with E-state index in [2.05, 4.69) is 5.32 Å². The molecule has 0 saturated heterocycles. The van der Waals surface area contributed by atoms with Gasteiger partial charge < -0.3 is 19.7 Å². The minimum Gasteiger partial charge on any atom is -0.497 e. The van der Waals surface area contributed by atoms with Gasteiger partial charge in [0.05, 0.1) is 20.3 Å². The average molecular weight is 437 g/mol. The van der Waals surface area contributed by atoms with Crippen molar-refractivity contribution in [1.82, 2.24) is 4.90 Å². The SMILES string of the molecule is COc1cc(OC)cc(C(=O)N2CC(=O)Nc3ccc(Cl)cc3C2c2ccccc2)c1. The van der Waals surface area contributed by atoms with E-state index in [1.807, 2.05) is 30.3 Å². The fourth-order valence-electron chi connectivity index (χ4n) is 3.76. The second-order valence-electron chi connectivity index (χ2n) is 7.13. The van der Waals surface area contributed by atoms with Crippen molar-refractivity contribution in [2.75, 3.05) is 26.1 Å². The molecule has 0 saturated carbocycles. The van der Waals surface area contributed by atoms with E-state index in [1.165, 1.54) is 14.2 Å². The van der Waals surface area contributed by atoms with Gasteiger partial charge in [0.15, 0.2) is 0 Å². The van der Waals surface area contributed by atoms with Crippen LogP contribution in [0.4, 0.5) is 5.69 Å². The monoisotopic (exact) mass is 436 g/mol. The van der Waals surface area contributed by atoms with Crippen LogP contribution in [0.5, 0.6) is 11.5 Å². The third-order valence-corrected chi connectivity index (χ3v) is 5.42.